The first-order chi connectivity index (χ1) is 24.8. The molecule has 0 amide bonds. The summed E-state index contributed by atoms with van der Waals surface area (Å²) in [6.45, 7) is 0. The molecule has 3 heterocycles. The molecule has 0 fully saturated rings. The first-order valence-corrected chi connectivity index (χ1v) is 17.1. The zero-order chi connectivity index (χ0) is 32.8. The average molecular weight is 638 g/mol. The second-order valence-electron chi connectivity index (χ2n) is 13.1. The van der Waals surface area contributed by atoms with E-state index >= 15 is 0 Å². The number of rotatable bonds is 2. The average Bonchev–Trinajstić information content (AvgIpc) is 3.72. The van der Waals surface area contributed by atoms with Gasteiger partial charge in [-0.2, -0.15) is 0 Å². The summed E-state index contributed by atoms with van der Waals surface area (Å²) in [4.78, 5) is 5.26. The van der Waals surface area contributed by atoms with Gasteiger partial charge in [0.05, 0.1) is 11.0 Å². The molecule has 4 nitrogen and oxygen atoms in total. The smallest absolute Gasteiger partial charge is 0.0626 e. The summed E-state index contributed by atoms with van der Waals surface area (Å²) < 4.78 is 4.74. The minimum Gasteiger partial charge on any atom is -0.381 e. The SMILES string of the molecule is c1ccc(C2[N-]C(n3c4ccccc4c4c5c(ccc43)c3ccccc3c3c5c4ccccc4n3-c3ccccc3)=Nc3ccccc32)cc1. The quantitative estimate of drug-likeness (QED) is 0.169. The highest BCUT2D eigenvalue weighted by Gasteiger charge is 2.24. The maximum atomic E-state index is 5.43. The molecule has 0 saturated heterocycles. The normalized spacial score (nSPS) is 14.5. The first kappa shape index (κ1) is 27.3. The van der Waals surface area contributed by atoms with Crippen LogP contribution in [0.15, 0.2) is 175 Å². The van der Waals surface area contributed by atoms with E-state index in [0.29, 0.717) is 5.96 Å². The Hall–Kier alpha value is -6.65. The molecule has 4 heteroatoms. The van der Waals surface area contributed by atoms with Crippen molar-refractivity contribution in [2.24, 2.45) is 4.99 Å². The van der Waals surface area contributed by atoms with Crippen LogP contribution >= 0.6 is 0 Å². The molecule has 8 aromatic carbocycles. The molecule has 1 aliphatic heterocycles. The fourth-order valence-electron chi connectivity index (χ4n) is 8.42. The van der Waals surface area contributed by atoms with E-state index in [2.05, 4.69) is 179 Å². The molecule has 10 aromatic rings. The molecule has 0 radical (unpaired) electrons. The van der Waals surface area contributed by atoms with Crippen LogP contribution in [0.4, 0.5) is 5.69 Å². The Balaban J connectivity index is 1.32. The van der Waals surface area contributed by atoms with E-state index in [1.807, 2.05) is 0 Å². The number of nitrogens with zero attached hydrogens (tertiary/aromatic N) is 4. The standard InChI is InChI=1S/C46H29N4/c1-3-15-29(16-4-1)44-34-21-9-12-24-37(34)47-46(48-44)50-39-26-14-10-22-35(39)41-40(50)28-27-32-31-19-7-8-20-33(31)45-43(42(32)41)36-23-11-13-25-38(36)49(45)30-17-5-2-6-18-30/h1-28,44H/q-1. The molecule has 1 aliphatic rings. The van der Waals surface area contributed by atoms with Crippen molar-refractivity contribution in [2.45, 2.75) is 6.04 Å². The van der Waals surface area contributed by atoms with Crippen molar-refractivity contribution >= 4 is 76.8 Å². The zero-order valence-corrected chi connectivity index (χ0v) is 27.0. The zero-order valence-electron chi connectivity index (χ0n) is 27.0. The lowest BCUT2D eigenvalue weighted by Crippen LogP contribution is -2.18. The Bertz CT molecular complexity index is 3000. The highest BCUT2D eigenvalue weighted by molar-refractivity contribution is 6.40. The number of para-hydroxylation sites is 4. The molecule has 0 aliphatic carbocycles. The summed E-state index contributed by atoms with van der Waals surface area (Å²) >= 11 is 0. The Kier molecular flexibility index (Phi) is 5.69. The fraction of sp³-hybridized carbons (Fsp3) is 0.0217. The molecule has 0 N–H and O–H groups in total. The molecule has 0 bridgehead atoms. The van der Waals surface area contributed by atoms with Crippen molar-refractivity contribution in [1.82, 2.24) is 9.13 Å². The molecule has 1 unspecified atom stereocenters. The summed E-state index contributed by atoms with van der Waals surface area (Å²) in [7, 11) is 0. The van der Waals surface area contributed by atoms with Crippen LogP contribution in [-0.2, 0) is 0 Å². The molecule has 2 aromatic heterocycles. The number of hydrogen-bond donors (Lipinski definition) is 0. The molecule has 0 spiro atoms. The van der Waals surface area contributed by atoms with Crippen molar-refractivity contribution in [2.75, 3.05) is 0 Å². The fourth-order valence-corrected chi connectivity index (χ4v) is 8.42. The molecule has 234 valence electrons. The van der Waals surface area contributed by atoms with Gasteiger partial charge in [-0.25, -0.2) is 0 Å². The molecule has 1 atom stereocenters. The van der Waals surface area contributed by atoms with Crippen molar-refractivity contribution in [3.05, 3.63) is 186 Å². The van der Waals surface area contributed by atoms with Crippen LogP contribution in [0.5, 0.6) is 0 Å². The van der Waals surface area contributed by atoms with Crippen LogP contribution in [-0.4, -0.2) is 15.1 Å². The van der Waals surface area contributed by atoms with Crippen molar-refractivity contribution in [1.29, 1.82) is 0 Å². The minimum absolute atomic E-state index is 0.156. The predicted octanol–water partition coefficient (Wildman–Crippen LogP) is 12.2. The van der Waals surface area contributed by atoms with E-state index in [1.54, 1.807) is 0 Å². The Morgan fingerprint density at radius 3 is 1.80 bits per heavy atom. The number of aliphatic imine (C=N–C) groups is 1. The lowest BCUT2D eigenvalue weighted by molar-refractivity contribution is 0.964. The summed E-state index contributed by atoms with van der Waals surface area (Å²) in [5.41, 5.74) is 8.99. The Morgan fingerprint density at radius 2 is 1.02 bits per heavy atom. The van der Waals surface area contributed by atoms with Crippen LogP contribution in [0, 0.1) is 0 Å². The number of fused-ring (bicyclic) bond motifs is 13. The third kappa shape index (κ3) is 3.73. The van der Waals surface area contributed by atoms with Gasteiger partial charge < -0.3 is 19.4 Å². The maximum Gasteiger partial charge on any atom is 0.0626 e. The van der Waals surface area contributed by atoms with Gasteiger partial charge in [0.15, 0.2) is 0 Å². The molecular formula is C46H29N4-. The second-order valence-corrected chi connectivity index (χ2v) is 13.1. The van der Waals surface area contributed by atoms with Gasteiger partial charge in [-0.1, -0.05) is 152 Å². The summed E-state index contributed by atoms with van der Waals surface area (Å²) in [5.74, 6) is 0.701. The highest BCUT2D eigenvalue weighted by atomic mass is 15.2. The third-order valence-corrected chi connectivity index (χ3v) is 10.5. The molecule has 11 rings (SSSR count). The van der Waals surface area contributed by atoms with Crippen molar-refractivity contribution in [3.63, 3.8) is 0 Å². The van der Waals surface area contributed by atoms with E-state index in [9.17, 15) is 0 Å². The first-order valence-electron chi connectivity index (χ1n) is 17.1. The Morgan fingerprint density at radius 1 is 0.420 bits per heavy atom. The van der Waals surface area contributed by atoms with Crippen LogP contribution in [0.25, 0.3) is 76.2 Å². The van der Waals surface area contributed by atoms with Gasteiger partial charge in [0.2, 0.25) is 0 Å². The lowest BCUT2D eigenvalue weighted by atomic mass is 9.93. The van der Waals surface area contributed by atoms with Gasteiger partial charge in [0.25, 0.3) is 0 Å². The van der Waals surface area contributed by atoms with E-state index in [0.717, 1.165) is 33.5 Å². The number of aromatic nitrogens is 2. The highest BCUT2D eigenvalue weighted by Crippen LogP contribution is 2.48. The van der Waals surface area contributed by atoms with Crippen LogP contribution < -0.4 is 0 Å². The minimum atomic E-state index is -0.156. The molecular weight excluding hydrogens is 609 g/mol. The summed E-state index contributed by atoms with van der Waals surface area (Å²) in [6, 6.07) is 60.6. The monoisotopic (exact) mass is 637 g/mol. The van der Waals surface area contributed by atoms with E-state index in [-0.39, 0.29) is 6.04 Å². The van der Waals surface area contributed by atoms with Crippen LogP contribution in [0.2, 0.25) is 0 Å². The van der Waals surface area contributed by atoms with E-state index in [1.165, 1.54) is 54.1 Å². The van der Waals surface area contributed by atoms with Crippen LogP contribution in [0.3, 0.4) is 0 Å². The number of benzene rings is 8. The van der Waals surface area contributed by atoms with Gasteiger partial charge in [-0.3, -0.25) is 0 Å². The lowest BCUT2D eigenvalue weighted by Gasteiger charge is -2.35. The Labute approximate surface area is 288 Å². The van der Waals surface area contributed by atoms with E-state index < -0.39 is 0 Å². The van der Waals surface area contributed by atoms with Gasteiger partial charge in [-0.05, 0) is 62.2 Å². The predicted molar refractivity (Wildman–Crippen MR) is 209 cm³/mol. The van der Waals surface area contributed by atoms with Crippen molar-refractivity contribution < 1.29 is 0 Å². The summed E-state index contributed by atoms with van der Waals surface area (Å²) in [6.07, 6.45) is 0. The van der Waals surface area contributed by atoms with Gasteiger partial charge in [0.1, 0.15) is 0 Å². The number of hydrogen-bond acceptors (Lipinski definition) is 1. The van der Waals surface area contributed by atoms with Gasteiger partial charge in [-0.15, -0.1) is 0 Å². The topological polar surface area (TPSA) is 36.3 Å². The molecule has 0 saturated carbocycles. The van der Waals surface area contributed by atoms with Crippen molar-refractivity contribution in [3.8, 4) is 5.69 Å². The van der Waals surface area contributed by atoms with Crippen LogP contribution in [0.1, 0.15) is 17.2 Å². The summed E-state index contributed by atoms with van der Waals surface area (Å²) in [5, 5.41) is 15.3. The van der Waals surface area contributed by atoms with Gasteiger partial charge in [0, 0.05) is 44.6 Å². The second kappa shape index (κ2) is 10.4. The van der Waals surface area contributed by atoms with E-state index in [4.69, 9.17) is 10.3 Å². The maximum absolute atomic E-state index is 5.43. The van der Waals surface area contributed by atoms with Gasteiger partial charge >= 0.3 is 0 Å². The third-order valence-electron chi connectivity index (χ3n) is 10.5. The molecule has 50 heavy (non-hydrogen) atoms. The largest absolute Gasteiger partial charge is 0.381 e.